The van der Waals surface area contributed by atoms with Crippen molar-refractivity contribution in [1.82, 2.24) is 14.4 Å². The fraction of sp³-hybridized carbons (Fsp3) is 0.273. The van der Waals surface area contributed by atoms with Crippen molar-refractivity contribution in [3.05, 3.63) is 101 Å². The van der Waals surface area contributed by atoms with Crippen LogP contribution in [0.1, 0.15) is 32.1 Å². The van der Waals surface area contributed by atoms with Gasteiger partial charge in [0.1, 0.15) is 17.2 Å². The molecule has 6 rings (SSSR count). The summed E-state index contributed by atoms with van der Waals surface area (Å²) in [6.07, 6.45) is 0. The number of amides is 2. The van der Waals surface area contributed by atoms with E-state index in [9.17, 15) is 9.59 Å². The van der Waals surface area contributed by atoms with Gasteiger partial charge in [0.15, 0.2) is 0 Å². The predicted molar refractivity (Wildman–Crippen MR) is 159 cm³/mol. The number of nitrogens with zero attached hydrogens (tertiary/aromatic N) is 4. The van der Waals surface area contributed by atoms with Crippen molar-refractivity contribution in [2.24, 2.45) is 0 Å². The van der Waals surface area contributed by atoms with Gasteiger partial charge in [0, 0.05) is 54.3 Å². The summed E-state index contributed by atoms with van der Waals surface area (Å²) in [5.74, 6) is 1.23. The molecule has 8 heteroatoms. The van der Waals surface area contributed by atoms with Crippen molar-refractivity contribution in [1.29, 1.82) is 0 Å². The maximum absolute atomic E-state index is 14.1. The van der Waals surface area contributed by atoms with Crippen molar-refractivity contribution in [2.45, 2.75) is 13.1 Å². The van der Waals surface area contributed by atoms with E-state index in [4.69, 9.17) is 9.47 Å². The highest BCUT2D eigenvalue weighted by atomic mass is 16.5. The SMILES string of the molecule is COc1ccccc1-c1ccc(C(=O)N2Cc3ccc(C(=O)N4CCN(C)CC4)n3Cc3ccccc32)cc1OC. The molecule has 8 nitrogen and oxygen atoms in total. The topological polar surface area (TPSA) is 67.2 Å². The molecule has 0 unspecified atom stereocenters. The van der Waals surface area contributed by atoms with Gasteiger partial charge >= 0.3 is 0 Å². The number of rotatable bonds is 5. The van der Waals surface area contributed by atoms with Crippen LogP contribution in [0.3, 0.4) is 0 Å². The molecule has 3 aromatic carbocycles. The lowest BCUT2D eigenvalue weighted by Gasteiger charge is -2.32. The van der Waals surface area contributed by atoms with Gasteiger partial charge in [-0.3, -0.25) is 9.59 Å². The third kappa shape index (κ3) is 4.95. The number of ether oxygens (including phenoxy) is 2. The Morgan fingerprint density at radius 3 is 2.20 bits per heavy atom. The largest absolute Gasteiger partial charge is 0.496 e. The Balaban J connectivity index is 1.35. The Kier molecular flexibility index (Phi) is 7.24. The summed E-state index contributed by atoms with van der Waals surface area (Å²) in [5, 5.41) is 0. The molecule has 0 aliphatic carbocycles. The minimum absolute atomic E-state index is 0.0401. The van der Waals surface area contributed by atoms with Crippen LogP contribution in [0.25, 0.3) is 11.1 Å². The summed E-state index contributed by atoms with van der Waals surface area (Å²) in [7, 11) is 5.32. The summed E-state index contributed by atoms with van der Waals surface area (Å²) in [6, 6.07) is 25.1. The maximum atomic E-state index is 14.1. The molecule has 1 aromatic heterocycles. The van der Waals surface area contributed by atoms with E-state index in [0.717, 1.165) is 46.9 Å². The van der Waals surface area contributed by atoms with E-state index in [1.165, 1.54) is 0 Å². The lowest BCUT2D eigenvalue weighted by Crippen LogP contribution is -2.47. The minimum atomic E-state index is -0.135. The molecule has 210 valence electrons. The molecular formula is C33H34N4O4. The van der Waals surface area contributed by atoms with E-state index in [1.54, 1.807) is 25.2 Å². The Hall–Kier alpha value is -4.56. The first kappa shape index (κ1) is 26.7. The normalized spacial score (nSPS) is 15.1. The monoisotopic (exact) mass is 550 g/mol. The van der Waals surface area contributed by atoms with Crippen molar-refractivity contribution >= 4 is 17.5 Å². The number of para-hydroxylation sites is 2. The van der Waals surface area contributed by atoms with Gasteiger partial charge < -0.3 is 28.7 Å². The van der Waals surface area contributed by atoms with Crippen molar-refractivity contribution < 1.29 is 19.1 Å². The van der Waals surface area contributed by atoms with Gasteiger partial charge in [0.05, 0.1) is 27.3 Å². The highest BCUT2D eigenvalue weighted by Crippen LogP contribution is 2.38. The van der Waals surface area contributed by atoms with Crippen LogP contribution < -0.4 is 14.4 Å². The first-order valence-electron chi connectivity index (χ1n) is 13.9. The van der Waals surface area contributed by atoms with E-state index >= 15 is 0 Å². The van der Waals surface area contributed by atoms with Crippen LogP contribution in [0, 0.1) is 0 Å². The molecule has 0 spiro atoms. The number of hydrogen-bond acceptors (Lipinski definition) is 5. The quantitative estimate of drug-likeness (QED) is 0.358. The third-order valence-electron chi connectivity index (χ3n) is 8.10. The van der Waals surface area contributed by atoms with Crippen molar-refractivity contribution in [3.8, 4) is 22.6 Å². The minimum Gasteiger partial charge on any atom is -0.496 e. The summed E-state index contributed by atoms with van der Waals surface area (Å²) in [6.45, 7) is 4.02. The molecule has 0 bridgehead atoms. The summed E-state index contributed by atoms with van der Waals surface area (Å²) in [5.41, 5.74) is 5.66. The number of piperazine rings is 1. The van der Waals surface area contributed by atoms with E-state index in [0.29, 0.717) is 43.2 Å². The Labute approximate surface area is 240 Å². The van der Waals surface area contributed by atoms with E-state index < -0.39 is 0 Å². The van der Waals surface area contributed by atoms with Gasteiger partial charge in [-0.05, 0) is 55.1 Å². The highest BCUT2D eigenvalue weighted by molar-refractivity contribution is 6.07. The van der Waals surface area contributed by atoms with Crippen LogP contribution in [0.2, 0.25) is 0 Å². The molecule has 3 heterocycles. The lowest BCUT2D eigenvalue weighted by atomic mass is 10.0. The number of carbonyl (C=O) groups excluding carboxylic acids is 2. The number of benzene rings is 3. The van der Waals surface area contributed by atoms with E-state index in [-0.39, 0.29) is 11.8 Å². The van der Waals surface area contributed by atoms with Crippen LogP contribution in [0.15, 0.2) is 78.9 Å². The second-order valence-electron chi connectivity index (χ2n) is 10.5. The Morgan fingerprint density at radius 2 is 1.41 bits per heavy atom. The summed E-state index contributed by atoms with van der Waals surface area (Å²) in [4.78, 5) is 33.7. The second kappa shape index (κ2) is 11.1. The third-order valence-corrected chi connectivity index (χ3v) is 8.10. The molecule has 1 saturated heterocycles. The molecular weight excluding hydrogens is 516 g/mol. The van der Waals surface area contributed by atoms with Crippen LogP contribution >= 0.6 is 0 Å². The number of methoxy groups -OCH3 is 2. The van der Waals surface area contributed by atoms with Gasteiger partial charge in [0.2, 0.25) is 0 Å². The number of carbonyl (C=O) groups is 2. The maximum Gasteiger partial charge on any atom is 0.270 e. The molecule has 2 aliphatic rings. The van der Waals surface area contributed by atoms with Gasteiger partial charge in [-0.1, -0.05) is 36.4 Å². The number of fused-ring (bicyclic) bond motifs is 2. The fourth-order valence-electron chi connectivity index (χ4n) is 5.77. The average molecular weight is 551 g/mol. The zero-order valence-electron chi connectivity index (χ0n) is 23.7. The zero-order chi connectivity index (χ0) is 28.5. The van der Waals surface area contributed by atoms with Gasteiger partial charge in [-0.25, -0.2) is 0 Å². The van der Waals surface area contributed by atoms with E-state index in [1.807, 2.05) is 77.7 Å². The molecule has 1 fully saturated rings. The molecule has 0 radical (unpaired) electrons. The Bertz CT molecular complexity index is 1600. The molecule has 2 amide bonds. The van der Waals surface area contributed by atoms with Crippen molar-refractivity contribution in [3.63, 3.8) is 0 Å². The lowest BCUT2D eigenvalue weighted by molar-refractivity contribution is 0.0653. The number of aromatic nitrogens is 1. The molecule has 0 saturated carbocycles. The first-order valence-corrected chi connectivity index (χ1v) is 13.9. The van der Waals surface area contributed by atoms with Gasteiger partial charge in [-0.2, -0.15) is 0 Å². The van der Waals surface area contributed by atoms with Crippen LogP contribution in [0.5, 0.6) is 11.5 Å². The molecule has 4 aromatic rings. The summed E-state index contributed by atoms with van der Waals surface area (Å²) < 4.78 is 13.4. The van der Waals surface area contributed by atoms with E-state index in [2.05, 4.69) is 16.5 Å². The standard InChI is InChI=1S/C33H34N4O4/c1-34-16-18-35(19-17-34)33(39)29-15-13-25-22-37(28-10-6-4-8-24(28)21-36(25)29)32(38)23-12-14-27(31(20-23)41-3)26-9-5-7-11-30(26)40-2/h4-15,20H,16-19,21-22H2,1-3H3. The number of anilines is 1. The second-order valence-corrected chi connectivity index (χ2v) is 10.5. The predicted octanol–water partition coefficient (Wildman–Crippen LogP) is 4.77. The fourth-order valence-corrected chi connectivity index (χ4v) is 5.77. The van der Waals surface area contributed by atoms with Gasteiger partial charge in [-0.15, -0.1) is 0 Å². The van der Waals surface area contributed by atoms with Gasteiger partial charge in [0.25, 0.3) is 11.8 Å². The molecule has 41 heavy (non-hydrogen) atoms. The van der Waals surface area contributed by atoms with Crippen LogP contribution in [-0.2, 0) is 13.1 Å². The summed E-state index contributed by atoms with van der Waals surface area (Å²) >= 11 is 0. The average Bonchev–Trinajstić information content (AvgIpc) is 3.33. The van der Waals surface area contributed by atoms with Crippen molar-refractivity contribution in [2.75, 3.05) is 52.3 Å². The number of likely N-dealkylation sites (N-methyl/N-ethyl adjacent to an activating group) is 1. The Morgan fingerprint density at radius 1 is 0.707 bits per heavy atom. The first-order chi connectivity index (χ1) is 20.0. The van der Waals surface area contributed by atoms with Crippen LogP contribution in [-0.4, -0.2) is 73.6 Å². The molecule has 0 atom stereocenters. The zero-order valence-corrected chi connectivity index (χ0v) is 23.7. The molecule has 2 aliphatic heterocycles. The number of hydrogen-bond donors (Lipinski definition) is 0. The van der Waals surface area contributed by atoms with Crippen LogP contribution in [0.4, 0.5) is 5.69 Å². The molecule has 0 N–H and O–H groups in total. The smallest absolute Gasteiger partial charge is 0.270 e. The highest BCUT2D eigenvalue weighted by Gasteiger charge is 2.30.